The topological polar surface area (TPSA) is 30.4 Å². The van der Waals surface area contributed by atoms with E-state index in [0.717, 1.165) is 16.4 Å². The SMILES string of the molecule is c1cc2c3conc3ccn2c1. The summed E-state index contributed by atoms with van der Waals surface area (Å²) in [7, 11) is 0. The first-order chi connectivity index (χ1) is 5.95. The minimum atomic E-state index is 0.904. The first kappa shape index (κ1) is 5.83. The molecule has 0 spiro atoms. The second-order valence-electron chi connectivity index (χ2n) is 2.73. The molecule has 3 aromatic heterocycles. The smallest absolute Gasteiger partial charge is 0.133 e. The van der Waals surface area contributed by atoms with Crippen LogP contribution >= 0.6 is 0 Å². The van der Waals surface area contributed by atoms with E-state index in [4.69, 9.17) is 4.52 Å². The number of rotatable bonds is 0. The molecule has 0 N–H and O–H groups in total. The zero-order valence-corrected chi connectivity index (χ0v) is 6.27. The van der Waals surface area contributed by atoms with E-state index in [0.29, 0.717) is 0 Å². The predicted molar refractivity (Wildman–Crippen MR) is 45.0 cm³/mol. The van der Waals surface area contributed by atoms with Gasteiger partial charge >= 0.3 is 0 Å². The van der Waals surface area contributed by atoms with Gasteiger partial charge in [-0.25, -0.2) is 0 Å². The van der Waals surface area contributed by atoms with Crippen LogP contribution in [-0.4, -0.2) is 9.56 Å². The van der Waals surface area contributed by atoms with Crippen LogP contribution in [0.15, 0.2) is 41.4 Å². The highest BCUT2D eigenvalue weighted by atomic mass is 16.5. The molecule has 0 unspecified atom stereocenters. The maximum absolute atomic E-state index is 4.88. The summed E-state index contributed by atoms with van der Waals surface area (Å²) in [5.74, 6) is 0. The molecule has 0 aliphatic rings. The second-order valence-corrected chi connectivity index (χ2v) is 2.73. The molecule has 0 aromatic carbocycles. The lowest BCUT2D eigenvalue weighted by molar-refractivity contribution is 0.428. The average Bonchev–Trinajstić information content (AvgIpc) is 2.71. The lowest BCUT2D eigenvalue weighted by Gasteiger charge is -1.92. The Morgan fingerprint density at radius 3 is 3.25 bits per heavy atom. The Labute approximate surface area is 68.2 Å². The molecule has 3 heterocycles. The predicted octanol–water partition coefficient (Wildman–Crippen LogP) is 2.08. The molecule has 58 valence electrons. The van der Waals surface area contributed by atoms with Gasteiger partial charge in [0.15, 0.2) is 0 Å². The Bertz CT molecular complexity index is 486. The van der Waals surface area contributed by atoms with Crippen molar-refractivity contribution in [2.45, 2.75) is 0 Å². The van der Waals surface area contributed by atoms with Gasteiger partial charge in [-0.05, 0) is 18.2 Å². The van der Waals surface area contributed by atoms with E-state index in [1.54, 1.807) is 6.26 Å². The van der Waals surface area contributed by atoms with E-state index < -0.39 is 0 Å². The minimum absolute atomic E-state index is 0.904. The van der Waals surface area contributed by atoms with E-state index in [1.165, 1.54) is 0 Å². The summed E-state index contributed by atoms with van der Waals surface area (Å²) in [6.07, 6.45) is 5.65. The van der Waals surface area contributed by atoms with Gasteiger partial charge in [-0.3, -0.25) is 0 Å². The lowest BCUT2D eigenvalue weighted by Crippen LogP contribution is -1.79. The van der Waals surface area contributed by atoms with Crippen molar-refractivity contribution in [2.75, 3.05) is 0 Å². The molecular formula is C9H6N2O. The van der Waals surface area contributed by atoms with Crippen LogP contribution in [0.1, 0.15) is 0 Å². The summed E-state index contributed by atoms with van der Waals surface area (Å²) in [6.45, 7) is 0. The van der Waals surface area contributed by atoms with Gasteiger partial charge in [0, 0.05) is 12.4 Å². The molecule has 0 saturated carbocycles. The molecule has 0 amide bonds. The molecule has 0 bridgehead atoms. The molecule has 3 aromatic rings. The van der Waals surface area contributed by atoms with Crippen LogP contribution in [0.4, 0.5) is 0 Å². The normalized spacial score (nSPS) is 11.3. The van der Waals surface area contributed by atoms with Crippen LogP contribution < -0.4 is 0 Å². The van der Waals surface area contributed by atoms with Gasteiger partial charge in [-0.15, -0.1) is 0 Å². The second kappa shape index (κ2) is 1.88. The monoisotopic (exact) mass is 158 g/mol. The minimum Gasteiger partial charge on any atom is -0.363 e. The van der Waals surface area contributed by atoms with Crippen LogP contribution in [-0.2, 0) is 0 Å². The van der Waals surface area contributed by atoms with Gasteiger partial charge < -0.3 is 8.92 Å². The third-order valence-electron chi connectivity index (χ3n) is 2.05. The third kappa shape index (κ3) is 0.580. The van der Waals surface area contributed by atoms with Crippen molar-refractivity contribution in [3.63, 3.8) is 0 Å². The fourth-order valence-corrected chi connectivity index (χ4v) is 1.46. The van der Waals surface area contributed by atoms with Gasteiger partial charge in [0.25, 0.3) is 0 Å². The van der Waals surface area contributed by atoms with Gasteiger partial charge in [0.2, 0.25) is 0 Å². The first-order valence-corrected chi connectivity index (χ1v) is 3.75. The van der Waals surface area contributed by atoms with Crippen LogP contribution in [0.3, 0.4) is 0 Å². The lowest BCUT2D eigenvalue weighted by atomic mass is 10.3. The van der Waals surface area contributed by atoms with Crippen molar-refractivity contribution in [2.24, 2.45) is 0 Å². The molecule has 3 rings (SSSR count). The van der Waals surface area contributed by atoms with Gasteiger partial charge in [0.05, 0.1) is 10.9 Å². The number of aromatic nitrogens is 2. The fourth-order valence-electron chi connectivity index (χ4n) is 1.46. The summed E-state index contributed by atoms with van der Waals surface area (Å²) in [6, 6.07) is 5.98. The zero-order chi connectivity index (χ0) is 7.97. The van der Waals surface area contributed by atoms with E-state index >= 15 is 0 Å². The molecule has 3 nitrogen and oxygen atoms in total. The van der Waals surface area contributed by atoms with Crippen LogP contribution in [0, 0.1) is 0 Å². The maximum atomic E-state index is 4.88. The molecule has 0 radical (unpaired) electrons. The maximum Gasteiger partial charge on any atom is 0.133 e. The number of pyridine rings is 1. The largest absolute Gasteiger partial charge is 0.363 e. The van der Waals surface area contributed by atoms with Crippen molar-refractivity contribution < 1.29 is 4.52 Å². The quantitative estimate of drug-likeness (QED) is 0.501. The van der Waals surface area contributed by atoms with Crippen molar-refractivity contribution >= 4 is 16.4 Å². The zero-order valence-electron chi connectivity index (χ0n) is 6.27. The van der Waals surface area contributed by atoms with E-state index in [2.05, 4.69) is 5.16 Å². The summed E-state index contributed by atoms with van der Waals surface area (Å²) in [5, 5.41) is 4.92. The number of fused-ring (bicyclic) bond motifs is 3. The molecule has 0 aliphatic carbocycles. The van der Waals surface area contributed by atoms with Crippen molar-refractivity contribution in [1.29, 1.82) is 0 Å². The van der Waals surface area contributed by atoms with E-state index in [1.807, 2.05) is 35.0 Å². The Kier molecular flexibility index (Phi) is 0.913. The molecule has 3 heteroatoms. The number of hydrogen-bond donors (Lipinski definition) is 0. The third-order valence-corrected chi connectivity index (χ3v) is 2.05. The Balaban J connectivity index is 2.71. The fraction of sp³-hybridized carbons (Fsp3) is 0. The molecular weight excluding hydrogens is 152 g/mol. The average molecular weight is 158 g/mol. The molecule has 0 aliphatic heterocycles. The van der Waals surface area contributed by atoms with Crippen LogP contribution in [0.25, 0.3) is 16.4 Å². The highest BCUT2D eigenvalue weighted by Gasteiger charge is 2.01. The summed E-state index contributed by atoms with van der Waals surface area (Å²) in [5.41, 5.74) is 2.04. The van der Waals surface area contributed by atoms with E-state index in [-0.39, 0.29) is 0 Å². The molecule has 0 fully saturated rings. The summed E-state index contributed by atoms with van der Waals surface area (Å²) < 4.78 is 6.92. The summed E-state index contributed by atoms with van der Waals surface area (Å²) >= 11 is 0. The number of hydrogen-bond acceptors (Lipinski definition) is 2. The standard InChI is InChI=1S/C9H6N2O/c1-2-9-7-6-12-10-8(7)3-5-11(9)4-1/h1-6H. The Morgan fingerprint density at radius 2 is 2.25 bits per heavy atom. The van der Waals surface area contributed by atoms with Gasteiger partial charge in [-0.2, -0.15) is 0 Å². The number of nitrogens with zero attached hydrogens (tertiary/aromatic N) is 2. The van der Waals surface area contributed by atoms with Crippen LogP contribution in [0.5, 0.6) is 0 Å². The Morgan fingerprint density at radius 1 is 1.25 bits per heavy atom. The van der Waals surface area contributed by atoms with Crippen molar-refractivity contribution in [1.82, 2.24) is 9.56 Å². The molecule has 0 saturated heterocycles. The summed E-state index contributed by atoms with van der Waals surface area (Å²) in [4.78, 5) is 0. The van der Waals surface area contributed by atoms with Crippen LogP contribution in [0.2, 0.25) is 0 Å². The highest BCUT2D eigenvalue weighted by Crippen LogP contribution is 2.18. The van der Waals surface area contributed by atoms with Crippen molar-refractivity contribution in [3.05, 3.63) is 36.9 Å². The highest BCUT2D eigenvalue weighted by molar-refractivity contribution is 5.92. The van der Waals surface area contributed by atoms with E-state index in [9.17, 15) is 0 Å². The molecule has 12 heavy (non-hydrogen) atoms. The first-order valence-electron chi connectivity index (χ1n) is 3.75. The van der Waals surface area contributed by atoms with Crippen molar-refractivity contribution in [3.8, 4) is 0 Å². The Hall–Kier alpha value is -1.77. The van der Waals surface area contributed by atoms with Gasteiger partial charge in [-0.1, -0.05) is 5.16 Å². The van der Waals surface area contributed by atoms with Gasteiger partial charge in [0.1, 0.15) is 11.8 Å². The molecule has 0 atom stereocenters.